The largest absolute Gasteiger partial charge is 0.307 e. The number of hydrogen-bond acceptors (Lipinski definition) is 2. The van der Waals surface area contributed by atoms with E-state index in [0.717, 1.165) is 66.7 Å². The van der Waals surface area contributed by atoms with Gasteiger partial charge < -0.3 is 9.13 Å². The molecule has 3 nitrogen and oxygen atoms in total. The Morgan fingerprint density at radius 1 is 0.722 bits per heavy atom. The van der Waals surface area contributed by atoms with E-state index >= 15 is 0 Å². The minimum Gasteiger partial charge on any atom is -0.307 e. The third kappa shape index (κ3) is 5.08. The van der Waals surface area contributed by atoms with Crippen molar-refractivity contribution in [3.63, 3.8) is 0 Å². The molecule has 8 aromatic rings. The van der Waals surface area contributed by atoms with Gasteiger partial charge in [0.05, 0.1) is 43.2 Å². The fraction of sp³-hybridized carbons (Fsp3) is 0.0400. The van der Waals surface area contributed by atoms with Crippen molar-refractivity contribution in [2.45, 2.75) is 13.3 Å². The highest BCUT2D eigenvalue weighted by atomic mass is 32.1. The number of aromatic nitrogens is 2. The summed E-state index contributed by atoms with van der Waals surface area (Å²) < 4.78 is 4.92. The van der Waals surface area contributed by atoms with Crippen molar-refractivity contribution >= 4 is 83.7 Å². The Hall–Kier alpha value is -6.71. The molecule has 0 atom stereocenters. The molecule has 3 aromatic heterocycles. The van der Waals surface area contributed by atoms with Gasteiger partial charge in [0.15, 0.2) is 0 Å². The number of allylic oxidation sites excluding steroid dienone is 9. The van der Waals surface area contributed by atoms with Gasteiger partial charge in [0, 0.05) is 38.5 Å². The van der Waals surface area contributed by atoms with E-state index in [2.05, 4.69) is 180 Å². The first-order chi connectivity index (χ1) is 26.7. The van der Waals surface area contributed by atoms with Crippen LogP contribution >= 0.6 is 11.3 Å². The lowest BCUT2D eigenvalue weighted by Gasteiger charge is -2.15. The molecule has 0 aliphatic heterocycles. The Morgan fingerprint density at radius 3 is 2.11 bits per heavy atom. The summed E-state index contributed by atoms with van der Waals surface area (Å²) in [5.41, 5.74) is 16.5. The monoisotopic (exact) mass is 709 g/mol. The van der Waals surface area contributed by atoms with Crippen LogP contribution in [0, 0.1) is 0 Å². The van der Waals surface area contributed by atoms with Crippen molar-refractivity contribution in [1.82, 2.24) is 9.13 Å². The lowest BCUT2D eigenvalue weighted by atomic mass is 10.0. The highest BCUT2D eigenvalue weighted by molar-refractivity contribution is 7.15. The van der Waals surface area contributed by atoms with Crippen LogP contribution in [-0.2, 0) is 0 Å². The van der Waals surface area contributed by atoms with Gasteiger partial charge in [0.2, 0.25) is 0 Å². The summed E-state index contributed by atoms with van der Waals surface area (Å²) in [6.45, 7) is 6.82. The molecule has 0 amide bonds. The second kappa shape index (κ2) is 13.1. The average molecular weight is 710 g/mol. The molecule has 5 aromatic carbocycles. The summed E-state index contributed by atoms with van der Waals surface area (Å²) in [6.07, 6.45) is 18.0. The molecule has 0 bridgehead atoms. The minimum atomic E-state index is 0.856. The van der Waals surface area contributed by atoms with Gasteiger partial charge in [-0.1, -0.05) is 134 Å². The minimum absolute atomic E-state index is 0.856. The molecule has 0 saturated carbocycles. The SMILES string of the molecule is C=C(C1=CCC=CC=C1)c1sc2c(c1N=C(C)c1ccccc1)C=C=CC=C2n1c2ccccc2c2ccc3c4ccccc4n(-c4ccccc4)c3c21. The van der Waals surface area contributed by atoms with Crippen LogP contribution in [0.4, 0.5) is 5.69 Å². The number of rotatable bonds is 6. The maximum Gasteiger partial charge on any atom is 0.0904 e. The molecule has 0 unspecified atom stereocenters. The molecular weight excluding hydrogens is 675 g/mol. The fourth-order valence-corrected chi connectivity index (χ4v) is 9.25. The van der Waals surface area contributed by atoms with E-state index in [4.69, 9.17) is 11.6 Å². The van der Waals surface area contributed by atoms with E-state index in [1.54, 1.807) is 11.3 Å². The first-order valence-corrected chi connectivity index (χ1v) is 19.1. The number of fused-ring (bicyclic) bond motifs is 8. The number of benzene rings is 5. The first-order valence-electron chi connectivity index (χ1n) is 18.3. The van der Waals surface area contributed by atoms with Crippen molar-refractivity contribution in [1.29, 1.82) is 0 Å². The van der Waals surface area contributed by atoms with Crippen molar-refractivity contribution < 1.29 is 0 Å². The lowest BCUT2D eigenvalue weighted by molar-refractivity contribution is 1.17. The van der Waals surface area contributed by atoms with E-state index < -0.39 is 0 Å². The Labute approximate surface area is 318 Å². The van der Waals surface area contributed by atoms with Crippen LogP contribution in [0.15, 0.2) is 187 Å². The maximum atomic E-state index is 5.43. The molecule has 256 valence electrons. The van der Waals surface area contributed by atoms with E-state index in [-0.39, 0.29) is 0 Å². The van der Waals surface area contributed by atoms with E-state index in [0.29, 0.717) is 0 Å². The molecule has 0 radical (unpaired) electrons. The number of para-hydroxylation sites is 3. The zero-order valence-corrected chi connectivity index (χ0v) is 30.6. The molecule has 2 aliphatic carbocycles. The quantitative estimate of drug-likeness (QED) is 0.121. The van der Waals surface area contributed by atoms with Crippen LogP contribution in [0.5, 0.6) is 0 Å². The molecule has 3 heterocycles. The highest BCUT2D eigenvalue weighted by Gasteiger charge is 2.27. The fourth-order valence-electron chi connectivity index (χ4n) is 8.03. The van der Waals surface area contributed by atoms with E-state index in [1.165, 1.54) is 38.1 Å². The summed E-state index contributed by atoms with van der Waals surface area (Å²) in [6, 6.07) is 43.3. The van der Waals surface area contributed by atoms with Crippen LogP contribution in [0.1, 0.15) is 34.2 Å². The van der Waals surface area contributed by atoms with Gasteiger partial charge in [0.1, 0.15) is 0 Å². The molecule has 0 spiro atoms. The molecule has 0 N–H and O–H groups in total. The third-order valence-corrected chi connectivity index (χ3v) is 11.8. The standard InChI is InChI=1S/C50H35N3S/c1-33(35-19-7-3-4-8-20-35)49-46(51-34(2)36-21-9-5-10-22-36)42-27-15-18-30-45(50(42)54-49)53-44-29-17-14-26-39(44)41-32-31-40-38-25-13-16-28-43(38)52(47(40)48(41)53)37-23-11-6-12-24-37/h3-7,9-14,16-32H,1,8H2,2H3. The summed E-state index contributed by atoms with van der Waals surface area (Å²) in [5.74, 6) is 0. The van der Waals surface area contributed by atoms with Gasteiger partial charge >= 0.3 is 0 Å². The highest BCUT2D eigenvalue weighted by Crippen LogP contribution is 2.49. The van der Waals surface area contributed by atoms with Crippen LogP contribution in [0.25, 0.3) is 66.6 Å². The number of thiophene rings is 1. The zero-order chi connectivity index (χ0) is 36.2. The third-order valence-electron chi connectivity index (χ3n) is 10.5. The Balaban J connectivity index is 1.31. The number of nitrogens with zero attached hydrogens (tertiary/aromatic N) is 3. The molecule has 54 heavy (non-hydrogen) atoms. The van der Waals surface area contributed by atoms with Gasteiger partial charge in [-0.25, -0.2) is 0 Å². The van der Waals surface area contributed by atoms with Crippen molar-refractivity contribution in [3.05, 3.63) is 203 Å². The smallest absolute Gasteiger partial charge is 0.0904 e. The molecule has 0 saturated heterocycles. The summed E-state index contributed by atoms with van der Waals surface area (Å²) in [7, 11) is 0. The number of aliphatic imine (C=N–C) groups is 1. The van der Waals surface area contributed by atoms with Gasteiger partial charge in [-0.05, 0) is 72.5 Å². The molecule has 4 heteroatoms. The predicted octanol–water partition coefficient (Wildman–Crippen LogP) is 13.6. The van der Waals surface area contributed by atoms with Gasteiger partial charge in [-0.15, -0.1) is 17.1 Å². The molecule has 10 rings (SSSR count). The van der Waals surface area contributed by atoms with Gasteiger partial charge in [0.25, 0.3) is 0 Å². The Bertz CT molecular complexity index is 3050. The first kappa shape index (κ1) is 32.0. The van der Waals surface area contributed by atoms with Crippen molar-refractivity contribution in [2.24, 2.45) is 4.99 Å². The van der Waals surface area contributed by atoms with E-state index in [1.807, 2.05) is 12.1 Å². The summed E-state index contributed by atoms with van der Waals surface area (Å²) >= 11 is 1.77. The summed E-state index contributed by atoms with van der Waals surface area (Å²) in [4.78, 5) is 7.62. The van der Waals surface area contributed by atoms with Crippen molar-refractivity contribution in [2.75, 3.05) is 0 Å². The number of hydrogen-bond donors (Lipinski definition) is 0. The van der Waals surface area contributed by atoms with Gasteiger partial charge in [-0.2, -0.15) is 0 Å². The van der Waals surface area contributed by atoms with Gasteiger partial charge in [-0.3, -0.25) is 4.99 Å². The summed E-state index contributed by atoms with van der Waals surface area (Å²) in [5, 5.41) is 4.87. The molecule has 0 fully saturated rings. The Morgan fingerprint density at radius 2 is 1.37 bits per heavy atom. The van der Waals surface area contributed by atoms with Crippen LogP contribution in [0.3, 0.4) is 0 Å². The molecule has 2 aliphatic rings. The average Bonchev–Trinajstić information content (AvgIpc) is 3.68. The van der Waals surface area contributed by atoms with Crippen molar-refractivity contribution in [3.8, 4) is 5.69 Å². The predicted molar refractivity (Wildman–Crippen MR) is 232 cm³/mol. The second-order valence-electron chi connectivity index (χ2n) is 13.7. The van der Waals surface area contributed by atoms with E-state index in [9.17, 15) is 0 Å². The Kier molecular flexibility index (Phi) is 7.73. The second-order valence-corrected chi connectivity index (χ2v) is 14.7. The topological polar surface area (TPSA) is 22.2 Å². The van der Waals surface area contributed by atoms with Crippen LogP contribution in [0.2, 0.25) is 0 Å². The van der Waals surface area contributed by atoms with Crippen LogP contribution in [-0.4, -0.2) is 14.8 Å². The molecular formula is C50H35N3S. The maximum absolute atomic E-state index is 5.43. The normalized spacial score (nSPS) is 14.1. The lowest BCUT2D eigenvalue weighted by Crippen LogP contribution is -2.01. The van der Waals surface area contributed by atoms with Crippen LogP contribution < -0.4 is 0 Å². The zero-order valence-electron chi connectivity index (χ0n) is 29.8.